The first-order valence-electron chi connectivity index (χ1n) is 9.60. The Hall–Kier alpha value is -4.92. The van der Waals surface area contributed by atoms with Crippen molar-refractivity contribution in [3.05, 3.63) is 108 Å². The summed E-state index contributed by atoms with van der Waals surface area (Å²) in [7, 11) is 0. The summed E-state index contributed by atoms with van der Waals surface area (Å²) >= 11 is 0. The van der Waals surface area contributed by atoms with Crippen molar-refractivity contribution in [1.29, 1.82) is 0 Å². The Balaban J connectivity index is 1.65. The van der Waals surface area contributed by atoms with E-state index in [-0.39, 0.29) is 33.9 Å². The largest absolute Gasteiger partial charge is 0.421 e. The van der Waals surface area contributed by atoms with Crippen molar-refractivity contribution in [2.45, 2.75) is 0 Å². The molecule has 0 aliphatic carbocycles. The number of hydrogen-bond donors (Lipinski definition) is 0. The van der Waals surface area contributed by atoms with Gasteiger partial charge in [-0.3, -0.25) is 15.0 Å². The van der Waals surface area contributed by atoms with Crippen molar-refractivity contribution >= 4 is 17.9 Å². The second kappa shape index (κ2) is 9.92. The van der Waals surface area contributed by atoms with Crippen LogP contribution in [0.4, 0.5) is 0 Å². The number of nitrogens with zero attached hydrogens (tertiary/aromatic N) is 3. The highest BCUT2D eigenvalue weighted by Gasteiger charge is 2.20. The summed E-state index contributed by atoms with van der Waals surface area (Å²) in [6.07, 6.45) is 8.65. The Bertz CT molecular complexity index is 1110. The molecule has 0 N–H and O–H groups in total. The lowest BCUT2D eigenvalue weighted by molar-refractivity contribution is 0.0734. The highest BCUT2D eigenvalue weighted by Crippen LogP contribution is 2.19. The Morgan fingerprint density at radius 3 is 1.06 bits per heavy atom. The van der Waals surface area contributed by atoms with Gasteiger partial charge < -0.3 is 14.2 Å². The van der Waals surface area contributed by atoms with E-state index in [4.69, 9.17) is 14.2 Å². The summed E-state index contributed by atoms with van der Waals surface area (Å²) < 4.78 is 15.8. The molecule has 0 bridgehead atoms. The van der Waals surface area contributed by atoms with Crippen molar-refractivity contribution in [2.75, 3.05) is 0 Å². The number of rotatable bonds is 6. The van der Waals surface area contributed by atoms with E-state index in [0.29, 0.717) is 0 Å². The first-order chi connectivity index (χ1) is 16.1. The first-order valence-corrected chi connectivity index (χ1v) is 9.60. The van der Waals surface area contributed by atoms with E-state index < -0.39 is 17.9 Å². The van der Waals surface area contributed by atoms with Crippen LogP contribution in [-0.2, 0) is 0 Å². The van der Waals surface area contributed by atoms with Gasteiger partial charge in [-0.25, -0.2) is 14.4 Å². The van der Waals surface area contributed by atoms with Gasteiger partial charge in [0.2, 0.25) is 0 Å². The van der Waals surface area contributed by atoms with E-state index in [9.17, 15) is 14.4 Å². The van der Waals surface area contributed by atoms with Crippen molar-refractivity contribution in [1.82, 2.24) is 15.0 Å². The molecule has 162 valence electrons. The molecule has 4 aromatic rings. The van der Waals surface area contributed by atoms with Gasteiger partial charge in [0.1, 0.15) is 17.2 Å². The summed E-state index contributed by atoms with van der Waals surface area (Å²) in [5, 5.41) is 0. The van der Waals surface area contributed by atoms with Gasteiger partial charge in [0.15, 0.2) is 0 Å². The molecule has 9 nitrogen and oxygen atoms in total. The second-order valence-corrected chi connectivity index (χ2v) is 6.53. The minimum Gasteiger partial charge on any atom is -0.421 e. The summed E-state index contributed by atoms with van der Waals surface area (Å²) in [4.78, 5) is 49.8. The highest BCUT2D eigenvalue weighted by atomic mass is 16.5. The van der Waals surface area contributed by atoms with Crippen LogP contribution in [0.25, 0.3) is 0 Å². The standard InChI is InChI=1S/C24H15N3O6/c28-22(31-19-4-1-7-25-13-19)16-10-17(23(29)32-20-5-2-8-26-14-20)12-18(11-16)24(30)33-21-6-3-9-27-15-21/h1-15H. The van der Waals surface area contributed by atoms with E-state index >= 15 is 0 Å². The average Bonchev–Trinajstić information content (AvgIpc) is 2.85. The number of esters is 3. The lowest BCUT2D eigenvalue weighted by atomic mass is 10.1. The van der Waals surface area contributed by atoms with E-state index in [1.807, 2.05) is 0 Å². The predicted molar refractivity (Wildman–Crippen MR) is 114 cm³/mol. The lowest BCUT2D eigenvalue weighted by Gasteiger charge is -2.10. The molecule has 0 saturated carbocycles. The maximum absolute atomic E-state index is 12.7. The van der Waals surface area contributed by atoms with Crippen molar-refractivity contribution in [3.8, 4) is 17.2 Å². The van der Waals surface area contributed by atoms with Crippen LogP contribution >= 0.6 is 0 Å². The first kappa shape index (κ1) is 21.3. The third-order valence-corrected chi connectivity index (χ3v) is 4.17. The zero-order valence-electron chi connectivity index (χ0n) is 17.0. The molecule has 4 rings (SSSR count). The van der Waals surface area contributed by atoms with Gasteiger partial charge >= 0.3 is 17.9 Å². The molecular formula is C24H15N3O6. The van der Waals surface area contributed by atoms with Crippen LogP contribution in [0.2, 0.25) is 0 Å². The fourth-order valence-corrected chi connectivity index (χ4v) is 2.70. The summed E-state index contributed by atoms with van der Waals surface area (Å²) in [6.45, 7) is 0. The number of carbonyl (C=O) groups is 3. The number of hydrogen-bond acceptors (Lipinski definition) is 9. The molecule has 0 spiro atoms. The van der Waals surface area contributed by atoms with Gasteiger partial charge in [0.25, 0.3) is 0 Å². The van der Waals surface area contributed by atoms with Gasteiger partial charge in [0.05, 0.1) is 35.3 Å². The fourth-order valence-electron chi connectivity index (χ4n) is 2.70. The van der Waals surface area contributed by atoms with Crippen molar-refractivity contribution < 1.29 is 28.6 Å². The fraction of sp³-hybridized carbons (Fsp3) is 0. The SMILES string of the molecule is O=C(Oc1cccnc1)c1cc(C(=O)Oc2cccnc2)cc(C(=O)Oc2cccnc2)c1. The van der Waals surface area contributed by atoms with Crippen LogP contribution in [0.3, 0.4) is 0 Å². The Kier molecular flexibility index (Phi) is 6.41. The number of benzene rings is 1. The molecule has 3 heterocycles. The van der Waals surface area contributed by atoms with Crippen LogP contribution in [0.1, 0.15) is 31.1 Å². The van der Waals surface area contributed by atoms with Gasteiger partial charge in [-0.1, -0.05) is 0 Å². The third kappa shape index (κ3) is 5.61. The molecular weight excluding hydrogens is 426 g/mol. The van der Waals surface area contributed by atoms with Gasteiger partial charge in [0, 0.05) is 18.6 Å². The Morgan fingerprint density at radius 1 is 0.515 bits per heavy atom. The molecule has 0 unspecified atom stereocenters. The molecule has 33 heavy (non-hydrogen) atoms. The number of ether oxygens (including phenoxy) is 3. The molecule has 9 heteroatoms. The maximum Gasteiger partial charge on any atom is 0.343 e. The van der Waals surface area contributed by atoms with Crippen LogP contribution in [-0.4, -0.2) is 32.9 Å². The molecule has 0 saturated heterocycles. The Morgan fingerprint density at radius 2 is 0.818 bits per heavy atom. The molecule has 0 amide bonds. The van der Waals surface area contributed by atoms with Gasteiger partial charge in [-0.05, 0) is 54.6 Å². The topological polar surface area (TPSA) is 118 Å². The van der Waals surface area contributed by atoms with Crippen molar-refractivity contribution in [2.24, 2.45) is 0 Å². The molecule has 0 atom stereocenters. The Labute approximate surface area is 187 Å². The number of pyridine rings is 3. The number of aromatic nitrogens is 3. The van der Waals surface area contributed by atoms with E-state index in [1.165, 1.54) is 55.4 Å². The molecule has 0 fully saturated rings. The molecule has 0 aliphatic rings. The van der Waals surface area contributed by atoms with E-state index in [0.717, 1.165) is 0 Å². The summed E-state index contributed by atoms with van der Waals surface area (Å²) in [6, 6.07) is 13.2. The molecule has 1 aromatic carbocycles. The van der Waals surface area contributed by atoms with Crippen molar-refractivity contribution in [3.63, 3.8) is 0 Å². The predicted octanol–water partition coefficient (Wildman–Crippen LogP) is 3.53. The maximum atomic E-state index is 12.7. The van der Waals surface area contributed by atoms with Crippen LogP contribution in [0.5, 0.6) is 17.2 Å². The highest BCUT2D eigenvalue weighted by molar-refractivity contribution is 6.01. The zero-order chi connectivity index (χ0) is 23.0. The molecule has 3 aromatic heterocycles. The molecule has 0 aliphatic heterocycles. The monoisotopic (exact) mass is 441 g/mol. The minimum absolute atomic E-state index is 0.0578. The second-order valence-electron chi connectivity index (χ2n) is 6.53. The van der Waals surface area contributed by atoms with Crippen LogP contribution in [0, 0.1) is 0 Å². The summed E-state index contributed by atoms with van der Waals surface area (Å²) in [5.74, 6) is -1.79. The number of carbonyl (C=O) groups excluding carboxylic acids is 3. The molecule has 0 radical (unpaired) electrons. The average molecular weight is 441 g/mol. The van der Waals surface area contributed by atoms with Crippen LogP contribution < -0.4 is 14.2 Å². The van der Waals surface area contributed by atoms with E-state index in [2.05, 4.69) is 15.0 Å². The van der Waals surface area contributed by atoms with Gasteiger partial charge in [-0.15, -0.1) is 0 Å². The zero-order valence-corrected chi connectivity index (χ0v) is 17.0. The van der Waals surface area contributed by atoms with Crippen LogP contribution in [0.15, 0.2) is 91.8 Å². The normalized spacial score (nSPS) is 10.2. The quantitative estimate of drug-likeness (QED) is 0.414. The van der Waals surface area contributed by atoms with E-state index in [1.54, 1.807) is 36.4 Å². The minimum atomic E-state index is -0.797. The van der Waals surface area contributed by atoms with Gasteiger partial charge in [-0.2, -0.15) is 0 Å². The lowest BCUT2D eigenvalue weighted by Crippen LogP contribution is -2.16. The third-order valence-electron chi connectivity index (χ3n) is 4.17. The summed E-state index contributed by atoms with van der Waals surface area (Å²) in [5.41, 5.74) is -0.173. The smallest absolute Gasteiger partial charge is 0.343 e.